The number of nitrogens with two attached hydrogens (primary N) is 1. The summed E-state index contributed by atoms with van der Waals surface area (Å²) in [6, 6.07) is 12.8. The van der Waals surface area contributed by atoms with Gasteiger partial charge in [0, 0.05) is 38.2 Å². The van der Waals surface area contributed by atoms with Gasteiger partial charge in [0.05, 0.1) is 5.69 Å². The Kier molecular flexibility index (Phi) is 3.42. The van der Waals surface area contributed by atoms with E-state index in [1.807, 2.05) is 0 Å². The van der Waals surface area contributed by atoms with Crippen molar-refractivity contribution in [2.75, 3.05) is 36.8 Å². The number of benzene rings is 1. The predicted octanol–water partition coefficient (Wildman–Crippen LogP) is 1.74. The highest BCUT2D eigenvalue weighted by atomic mass is 15.2. The Morgan fingerprint density at radius 1 is 1.05 bits per heavy atom. The van der Waals surface area contributed by atoms with Crippen LogP contribution < -0.4 is 16.0 Å². The number of nitrogen functional groups attached to an aromatic ring is 1. The Morgan fingerprint density at radius 2 is 1.82 bits per heavy atom. The first-order chi connectivity index (χ1) is 10.8. The van der Waals surface area contributed by atoms with Crippen molar-refractivity contribution in [1.82, 2.24) is 15.3 Å². The first-order valence-electron chi connectivity index (χ1n) is 7.96. The highest BCUT2D eigenvalue weighted by Gasteiger charge is 2.41. The minimum absolute atomic E-state index is 0.393. The fraction of sp³-hybridized carbons (Fsp3) is 0.412. The summed E-state index contributed by atoms with van der Waals surface area (Å²) in [6.07, 6.45) is 1.15. The average Bonchev–Trinajstić information content (AvgIpc) is 3.37. The van der Waals surface area contributed by atoms with Gasteiger partial charge in [-0.1, -0.05) is 30.3 Å². The van der Waals surface area contributed by atoms with Crippen molar-refractivity contribution in [2.45, 2.75) is 18.3 Å². The van der Waals surface area contributed by atoms with E-state index in [9.17, 15) is 0 Å². The third-order valence-corrected chi connectivity index (χ3v) is 4.59. The van der Waals surface area contributed by atoms with E-state index in [-0.39, 0.29) is 0 Å². The molecular weight excluding hydrogens is 274 g/mol. The van der Waals surface area contributed by atoms with Gasteiger partial charge in [-0.15, -0.1) is 0 Å². The Hall–Kier alpha value is -2.14. The summed E-state index contributed by atoms with van der Waals surface area (Å²) in [6.45, 7) is 3.94. The molecule has 2 fully saturated rings. The SMILES string of the molecule is Nc1nc(C2CC2c2ccccc2)cc(N2CCNCC2)n1. The molecule has 1 aromatic carbocycles. The van der Waals surface area contributed by atoms with Crippen molar-refractivity contribution in [3.63, 3.8) is 0 Å². The third-order valence-electron chi connectivity index (χ3n) is 4.59. The van der Waals surface area contributed by atoms with Crippen molar-refractivity contribution in [3.05, 3.63) is 47.7 Å². The summed E-state index contributed by atoms with van der Waals surface area (Å²) in [4.78, 5) is 11.2. The second kappa shape index (κ2) is 5.57. The number of piperazine rings is 1. The van der Waals surface area contributed by atoms with Crippen LogP contribution in [0.25, 0.3) is 0 Å². The highest BCUT2D eigenvalue weighted by molar-refractivity contribution is 5.47. The molecule has 5 nitrogen and oxygen atoms in total. The molecule has 0 radical (unpaired) electrons. The molecule has 2 heterocycles. The molecule has 2 aliphatic rings. The number of hydrogen-bond acceptors (Lipinski definition) is 5. The molecule has 1 saturated carbocycles. The fourth-order valence-corrected chi connectivity index (χ4v) is 3.31. The molecule has 0 spiro atoms. The van der Waals surface area contributed by atoms with Gasteiger partial charge < -0.3 is 16.0 Å². The van der Waals surface area contributed by atoms with E-state index in [0.717, 1.165) is 44.1 Å². The second-order valence-corrected chi connectivity index (χ2v) is 6.11. The topological polar surface area (TPSA) is 67.1 Å². The third kappa shape index (κ3) is 2.64. The molecule has 22 heavy (non-hydrogen) atoms. The van der Waals surface area contributed by atoms with Crippen LogP contribution in [0.15, 0.2) is 36.4 Å². The van der Waals surface area contributed by atoms with Gasteiger partial charge in [-0.2, -0.15) is 4.98 Å². The summed E-state index contributed by atoms with van der Waals surface area (Å²) in [5.74, 6) is 2.42. The van der Waals surface area contributed by atoms with Crippen molar-refractivity contribution in [3.8, 4) is 0 Å². The Morgan fingerprint density at radius 3 is 2.59 bits per heavy atom. The number of nitrogens with zero attached hydrogens (tertiary/aromatic N) is 3. The number of hydrogen-bond donors (Lipinski definition) is 2. The molecule has 1 aliphatic carbocycles. The van der Waals surface area contributed by atoms with Gasteiger partial charge in [-0.05, 0) is 17.9 Å². The van der Waals surface area contributed by atoms with E-state index in [0.29, 0.717) is 17.8 Å². The fourth-order valence-electron chi connectivity index (χ4n) is 3.31. The lowest BCUT2D eigenvalue weighted by Gasteiger charge is -2.28. The van der Waals surface area contributed by atoms with Crippen LogP contribution in [-0.2, 0) is 0 Å². The standard InChI is InChI=1S/C17H21N5/c18-17-20-15(11-16(21-17)22-8-6-19-7-9-22)14-10-13(14)12-4-2-1-3-5-12/h1-5,11,13-14,19H,6-10H2,(H2,18,20,21). The molecule has 3 N–H and O–H groups in total. The molecule has 4 rings (SSSR count). The summed E-state index contributed by atoms with van der Waals surface area (Å²) in [7, 11) is 0. The van der Waals surface area contributed by atoms with E-state index in [1.54, 1.807) is 0 Å². The molecule has 0 bridgehead atoms. The average molecular weight is 295 g/mol. The summed E-state index contributed by atoms with van der Waals surface area (Å²) < 4.78 is 0. The molecular formula is C17H21N5. The smallest absolute Gasteiger partial charge is 0.222 e. The predicted molar refractivity (Wildman–Crippen MR) is 88.1 cm³/mol. The van der Waals surface area contributed by atoms with Gasteiger partial charge in [0.2, 0.25) is 5.95 Å². The largest absolute Gasteiger partial charge is 0.368 e. The summed E-state index contributed by atoms with van der Waals surface area (Å²) in [5.41, 5.74) is 8.44. The lowest BCUT2D eigenvalue weighted by Crippen LogP contribution is -2.44. The van der Waals surface area contributed by atoms with Crippen LogP contribution in [-0.4, -0.2) is 36.1 Å². The molecule has 2 unspecified atom stereocenters. The molecule has 0 amide bonds. The molecule has 2 atom stereocenters. The lowest BCUT2D eigenvalue weighted by molar-refractivity contribution is 0.584. The molecule has 2 aromatic rings. The first kappa shape index (κ1) is 13.5. The van der Waals surface area contributed by atoms with Crippen LogP contribution in [0.2, 0.25) is 0 Å². The minimum Gasteiger partial charge on any atom is -0.368 e. The first-order valence-corrected chi connectivity index (χ1v) is 7.96. The van der Waals surface area contributed by atoms with E-state index < -0.39 is 0 Å². The van der Waals surface area contributed by atoms with Crippen molar-refractivity contribution in [2.24, 2.45) is 0 Å². The van der Waals surface area contributed by atoms with Crippen LogP contribution in [0.3, 0.4) is 0 Å². The number of rotatable bonds is 3. The maximum Gasteiger partial charge on any atom is 0.222 e. The Balaban J connectivity index is 1.56. The zero-order valence-electron chi connectivity index (χ0n) is 12.6. The quantitative estimate of drug-likeness (QED) is 0.903. The maximum atomic E-state index is 5.95. The van der Waals surface area contributed by atoms with E-state index in [4.69, 9.17) is 5.73 Å². The summed E-state index contributed by atoms with van der Waals surface area (Å²) >= 11 is 0. The highest BCUT2D eigenvalue weighted by Crippen LogP contribution is 2.54. The maximum absolute atomic E-state index is 5.95. The number of anilines is 2. The van der Waals surface area contributed by atoms with E-state index >= 15 is 0 Å². The molecule has 1 saturated heterocycles. The monoisotopic (exact) mass is 295 g/mol. The van der Waals surface area contributed by atoms with Crippen LogP contribution in [0, 0.1) is 0 Å². The van der Waals surface area contributed by atoms with Crippen molar-refractivity contribution >= 4 is 11.8 Å². The van der Waals surface area contributed by atoms with E-state index in [1.165, 1.54) is 5.56 Å². The zero-order valence-corrected chi connectivity index (χ0v) is 12.6. The number of nitrogens with one attached hydrogen (secondary N) is 1. The molecule has 1 aromatic heterocycles. The van der Waals surface area contributed by atoms with E-state index in [2.05, 4.69) is 56.6 Å². The van der Waals surface area contributed by atoms with Crippen molar-refractivity contribution in [1.29, 1.82) is 0 Å². The molecule has 1 aliphatic heterocycles. The van der Waals surface area contributed by atoms with Crippen LogP contribution >= 0.6 is 0 Å². The van der Waals surface area contributed by atoms with Gasteiger partial charge in [0.1, 0.15) is 5.82 Å². The van der Waals surface area contributed by atoms with Gasteiger partial charge in [0.15, 0.2) is 0 Å². The molecule has 114 valence electrons. The van der Waals surface area contributed by atoms with Crippen molar-refractivity contribution < 1.29 is 0 Å². The Bertz CT molecular complexity index is 651. The van der Waals surface area contributed by atoms with Crippen LogP contribution in [0.4, 0.5) is 11.8 Å². The van der Waals surface area contributed by atoms with Gasteiger partial charge in [0.25, 0.3) is 0 Å². The van der Waals surface area contributed by atoms with Gasteiger partial charge >= 0.3 is 0 Å². The molecule has 5 heteroatoms. The van der Waals surface area contributed by atoms with Gasteiger partial charge in [-0.3, -0.25) is 0 Å². The minimum atomic E-state index is 0.393. The number of aromatic nitrogens is 2. The lowest BCUT2D eigenvalue weighted by atomic mass is 10.1. The van der Waals surface area contributed by atoms with Gasteiger partial charge in [-0.25, -0.2) is 4.98 Å². The Labute approximate surface area is 130 Å². The normalized spacial score (nSPS) is 24.3. The van der Waals surface area contributed by atoms with Crippen LogP contribution in [0.1, 0.15) is 29.5 Å². The second-order valence-electron chi connectivity index (χ2n) is 6.11. The summed E-state index contributed by atoms with van der Waals surface area (Å²) in [5, 5.41) is 3.36. The van der Waals surface area contributed by atoms with Crippen LogP contribution in [0.5, 0.6) is 0 Å². The zero-order chi connectivity index (χ0) is 14.9.